The summed E-state index contributed by atoms with van der Waals surface area (Å²) in [6.07, 6.45) is 3.76. The first-order valence-electron chi connectivity index (χ1n) is 8.52. The molecular formula is C18H16N6OS. The van der Waals surface area contributed by atoms with Crippen molar-refractivity contribution in [3.8, 4) is 0 Å². The van der Waals surface area contributed by atoms with Crippen LogP contribution in [0.4, 0.5) is 9.93 Å². The van der Waals surface area contributed by atoms with Gasteiger partial charge in [0.2, 0.25) is 0 Å². The molecule has 7 nitrogen and oxygen atoms in total. The molecule has 0 radical (unpaired) electrons. The van der Waals surface area contributed by atoms with Crippen LogP contribution in [0.25, 0.3) is 15.9 Å². The van der Waals surface area contributed by atoms with Crippen molar-refractivity contribution in [1.29, 1.82) is 0 Å². The number of para-hydroxylation sites is 1. The number of aromatic nitrogens is 4. The lowest BCUT2D eigenvalue weighted by Gasteiger charge is -2.23. The molecule has 3 aromatic heterocycles. The number of nitrogens with zero attached hydrogens (tertiary/aromatic N) is 5. The minimum Gasteiger partial charge on any atom is -0.314 e. The zero-order valence-electron chi connectivity index (χ0n) is 13.9. The molecule has 1 saturated heterocycles. The van der Waals surface area contributed by atoms with Crippen LogP contribution in [-0.2, 0) is 0 Å². The maximum Gasteiger partial charge on any atom is 0.324 e. The molecular weight excluding hydrogens is 348 g/mol. The number of carbonyl (C=O) groups excluding carboxylic acids is 1. The first-order valence-corrected chi connectivity index (χ1v) is 9.34. The average molecular weight is 364 g/mol. The van der Waals surface area contributed by atoms with E-state index < -0.39 is 0 Å². The zero-order chi connectivity index (χ0) is 17.5. The zero-order valence-corrected chi connectivity index (χ0v) is 14.7. The van der Waals surface area contributed by atoms with Crippen LogP contribution in [0.1, 0.15) is 24.7 Å². The van der Waals surface area contributed by atoms with Gasteiger partial charge < -0.3 is 4.90 Å². The molecule has 8 heteroatoms. The van der Waals surface area contributed by atoms with E-state index in [0.717, 1.165) is 34.5 Å². The topological polar surface area (TPSA) is 75.4 Å². The number of likely N-dealkylation sites (tertiary alicyclic amines) is 1. The van der Waals surface area contributed by atoms with E-state index >= 15 is 0 Å². The van der Waals surface area contributed by atoms with Crippen molar-refractivity contribution >= 4 is 38.4 Å². The number of rotatable bonds is 2. The Morgan fingerprint density at radius 2 is 2.04 bits per heavy atom. The molecule has 0 unspecified atom stereocenters. The third-order valence-corrected chi connectivity index (χ3v) is 5.61. The highest BCUT2D eigenvalue weighted by Crippen LogP contribution is 2.32. The Morgan fingerprint density at radius 1 is 1.15 bits per heavy atom. The summed E-state index contributed by atoms with van der Waals surface area (Å²) in [6.45, 7) is 0.698. The van der Waals surface area contributed by atoms with Crippen LogP contribution < -0.4 is 5.32 Å². The van der Waals surface area contributed by atoms with Gasteiger partial charge in [0.1, 0.15) is 0 Å². The van der Waals surface area contributed by atoms with Gasteiger partial charge in [-0.2, -0.15) is 0 Å². The lowest BCUT2D eigenvalue weighted by atomic mass is 10.2. The SMILES string of the molecule is O=C(Nc1nc2ccccc2s1)N1CCC[C@H]1c1nnc2ccccn12. The molecule has 130 valence electrons. The minimum absolute atomic E-state index is 0.0817. The van der Waals surface area contributed by atoms with Gasteiger partial charge in [-0.15, -0.1) is 10.2 Å². The number of anilines is 1. The third kappa shape index (κ3) is 2.50. The van der Waals surface area contributed by atoms with Gasteiger partial charge in [-0.05, 0) is 37.1 Å². The van der Waals surface area contributed by atoms with Crippen LogP contribution in [0.5, 0.6) is 0 Å². The summed E-state index contributed by atoms with van der Waals surface area (Å²) < 4.78 is 3.01. The van der Waals surface area contributed by atoms with E-state index in [9.17, 15) is 4.79 Å². The first-order chi connectivity index (χ1) is 12.8. The molecule has 26 heavy (non-hydrogen) atoms. The molecule has 4 heterocycles. The van der Waals surface area contributed by atoms with Crippen LogP contribution in [0.2, 0.25) is 0 Å². The van der Waals surface area contributed by atoms with Crippen LogP contribution in [0, 0.1) is 0 Å². The Kier molecular flexibility index (Phi) is 3.56. The molecule has 5 rings (SSSR count). The highest BCUT2D eigenvalue weighted by molar-refractivity contribution is 7.22. The van der Waals surface area contributed by atoms with E-state index in [2.05, 4.69) is 20.5 Å². The maximum atomic E-state index is 12.9. The highest BCUT2D eigenvalue weighted by Gasteiger charge is 2.33. The Hall–Kier alpha value is -3.00. The molecule has 1 aliphatic heterocycles. The summed E-state index contributed by atoms with van der Waals surface area (Å²) in [6, 6.07) is 13.4. The van der Waals surface area contributed by atoms with Gasteiger partial charge in [0.25, 0.3) is 0 Å². The quantitative estimate of drug-likeness (QED) is 0.588. The first kappa shape index (κ1) is 15.3. The van der Waals surface area contributed by atoms with E-state index in [-0.39, 0.29) is 12.1 Å². The van der Waals surface area contributed by atoms with Crippen molar-refractivity contribution in [3.63, 3.8) is 0 Å². The van der Waals surface area contributed by atoms with E-state index in [1.165, 1.54) is 11.3 Å². The Labute approximate surface area is 153 Å². The van der Waals surface area contributed by atoms with Crippen molar-refractivity contribution in [2.45, 2.75) is 18.9 Å². The summed E-state index contributed by atoms with van der Waals surface area (Å²) in [5, 5.41) is 12.1. The summed E-state index contributed by atoms with van der Waals surface area (Å²) in [7, 11) is 0. The summed E-state index contributed by atoms with van der Waals surface area (Å²) in [4.78, 5) is 19.2. The van der Waals surface area contributed by atoms with E-state index in [1.54, 1.807) is 0 Å². The molecule has 1 aliphatic rings. The summed E-state index contributed by atoms with van der Waals surface area (Å²) in [5.74, 6) is 0.803. The predicted octanol–water partition coefficient (Wildman–Crippen LogP) is 3.71. The number of fused-ring (bicyclic) bond motifs is 2. The van der Waals surface area contributed by atoms with Crippen molar-refractivity contribution < 1.29 is 4.79 Å². The molecule has 1 N–H and O–H groups in total. The van der Waals surface area contributed by atoms with Gasteiger partial charge in [0.05, 0.1) is 16.3 Å². The van der Waals surface area contributed by atoms with E-state index in [1.807, 2.05) is 58.0 Å². The fourth-order valence-electron chi connectivity index (χ4n) is 3.45. The standard InChI is InChI=1S/C18H16N6OS/c25-18(20-17-19-12-6-1-2-8-14(12)26-17)23-11-5-7-13(23)16-22-21-15-9-3-4-10-24(15)16/h1-4,6,8-10,13H,5,7,11H2,(H,19,20,25)/t13-/m0/s1. The average Bonchev–Trinajstić information content (AvgIpc) is 3.38. The number of hydrogen-bond acceptors (Lipinski definition) is 5. The number of pyridine rings is 1. The van der Waals surface area contributed by atoms with Crippen LogP contribution in [0.15, 0.2) is 48.7 Å². The van der Waals surface area contributed by atoms with Gasteiger partial charge in [-0.1, -0.05) is 29.5 Å². The molecule has 0 aliphatic carbocycles. The van der Waals surface area contributed by atoms with Gasteiger partial charge in [-0.3, -0.25) is 9.72 Å². The second-order valence-electron chi connectivity index (χ2n) is 6.26. The van der Waals surface area contributed by atoms with Crippen molar-refractivity contribution in [2.75, 3.05) is 11.9 Å². The summed E-state index contributed by atoms with van der Waals surface area (Å²) >= 11 is 1.48. The third-order valence-electron chi connectivity index (χ3n) is 4.66. The molecule has 1 fully saturated rings. The summed E-state index contributed by atoms with van der Waals surface area (Å²) in [5.41, 5.74) is 1.69. The number of hydrogen-bond donors (Lipinski definition) is 1. The lowest BCUT2D eigenvalue weighted by Crippen LogP contribution is -2.35. The lowest BCUT2D eigenvalue weighted by molar-refractivity contribution is 0.204. The van der Waals surface area contributed by atoms with Gasteiger partial charge in [0.15, 0.2) is 16.6 Å². The molecule has 4 aromatic rings. The van der Waals surface area contributed by atoms with Gasteiger partial charge >= 0.3 is 6.03 Å². The molecule has 0 bridgehead atoms. The molecule has 0 spiro atoms. The van der Waals surface area contributed by atoms with Gasteiger partial charge in [-0.25, -0.2) is 9.78 Å². The van der Waals surface area contributed by atoms with E-state index in [0.29, 0.717) is 11.7 Å². The second-order valence-corrected chi connectivity index (χ2v) is 7.29. The fraction of sp³-hybridized carbons (Fsp3) is 0.222. The van der Waals surface area contributed by atoms with Crippen LogP contribution in [0.3, 0.4) is 0 Å². The maximum absolute atomic E-state index is 12.9. The largest absolute Gasteiger partial charge is 0.324 e. The smallest absolute Gasteiger partial charge is 0.314 e. The van der Waals surface area contributed by atoms with Crippen molar-refractivity contribution in [1.82, 2.24) is 24.5 Å². The normalized spacial score (nSPS) is 17.2. The van der Waals surface area contributed by atoms with Gasteiger partial charge in [0, 0.05) is 12.7 Å². The number of thiazole rings is 1. The monoisotopic (exact) mass is 364 g/mol. The number of benzene rings is 1. The number of urea groups is 1. The van der Waals surface area contributed by atoms with E-state index in [4.69, 9.17) is 0 Å². The van der Waals surface area contributed by atoms with Crippen molar-refractivity contribution in [2.24, 2.45) is 0 Å². The van der Waals surface area contributed by atoms with Crippen LogP contribution in [-0.4, -0.2) is 37.1 Å². The Bertz CT molecular complexity index is 1070. The highest BCUT2D eigenvalue weighted by atomic mass is 32.1. The Morgan fingerprint density at radius 3 is 2.96 bits per heavy atom. The molecule has 0 saturated carbocycles. The van der Waals surface area contributed by atoms with Crippen molar-refractivity contribution in [3.05, 3.63) is 54.5 Å². The molecule has 2 amide bonds. The predicted molar refractivity (Wildman–Crippen MR) is 100 cm³/mol. The number of amides is 2. The molecule has 1 aromatic carbocycles. The van der Waals surface area contributed by atoms with Crippen LogP contribution >= 0.6 is 11.3 Å². The molecule has 1 atom stereocenters. The number of nitrogens with one attached hydrogen (secondary N) is 1. The number of carbonyl (C=O) groups is 1. The second kappa shape index (κ2) is 6.06. The minimum atomic E-state index is -0.140. The Balaban J connectivity index is 1.42. The fourth-order valence-corrected chi connectivity index (χ4v) is 4.31.